The number of benzene rings is 1. The first kappa shape index (κ1) is 15.9. The number of imidazole rings is 1. The zero-order valence-electron chi connectivity index (χ0n) is 12.6. The van der Waals surface area contributed by atoms with Crippen molar-refractivity contribution in [2.24, 2.45) is 0 Å². The normalized spacial score (nSPS) is 10.5. The number of pyridine rings is 1. The Bertz CT molecular complexity index is 851. The van der Waals surface area contributed by atoms with Gasteiger partial charge in [-0.1, -0.05) is 35.9 Å². The molecule has 2 aromatic heterocycles. The Morgan fingerprint density at radius 2 is 2.08 bits per heavy atom. The predicted molar refractivity (Wildman–Crippen MR) is 91.0 cm³/mol. The Hall–Kier alpha value is -2.93. The maximum absolute atomic E-state index is 10.7. The second kappa shape index (κ2) is 7.10. The smallest absolute Gasteiger partial charge is 0.289 e. The molecule has 0 saturated heterocycles. The summed E-state index contributed by atoms with van der Waals surface area (Å²) in [6.07, 6.45) is 6.59. The van der Waals surface area contributed by atoms with Crippen molar-refractivity contribution in [2.45, 2.75) is 13.1 Å². The Labute approximate surface area is 143 Å². The van der Waals surface area contributed by atoms with E-state index in [1.54, 1.807) is 12.5 Å². The van der Waals surface area contributed by atoms with Crippen LogP contribution in [0, 0.1) is 10.1 Å². The van der Waals surface area contributed by atoms with Gasteiger partial charge < -0.3 is 9.88 Å². The maximum Gasteiger partial charge on any atom is 0.289 e. The second-order valence-corrected chi connectivity index (χ2v) is 5.55. The van der Waals surface area contributed by atoms with Gasteiger partial charge in [-0.25, -0.2) is 9.97 Å². The minimum absolute atomic E-state index is 0.133. The molecule has 0 aliphatic rings. The first-order valence-corrected chi connectivity index (χ1v) is 7.57. The molecule has 0 unspecified atom stereocenters. The van der Waals surface area contributed by atoms with Crippen molar-refractivity contribution in [1.29, 1.82) is 0 Å². The van der Waals surface area contributed by atoms with E-state index in [2.05, 4.69) is 15.3 Å². The van der Waals surface area contributed by atoms with E-state index in [1.807, 2.05) is 35.0 Å². The lowest BCUT2D eigenvalue weighted by Crippen LogP contribution is -2.07. The van der Waals surface area contributed by atoms with Crippen molar-refractivity contribution in [3.8, 4) is 0 Å². The number of hydrogen-bond acceptors (Lipinski definition) is 5. The van der Waals surface area contributed by atoms with Crippen LogP contribution in [0.4, 0.5) is 11.5 Å². The lowest BCUT2D eigenvalue weighted by Gasteiger charge is -2.12. The minimum atomic E-state index is -0.525. The molecule has 0 saturated carbocycles. The van der Waals surface area contributed by atoms with Crippen LogP contribution in [0.1, 0.15) is 11.1 Å². The van der Waals surface area contributed by atoms with Crippen LogP contribution in [0.15, 0.2) is 55.2 Å². The van der Waals surface area contributed by atoms with Gasteiger partial charge in [-0.05, 0) is 11.1 Å². The number of rotatable bonds is 6. The van der Waals surface area contributed by atoms with E-state index in [9.17, 15) is 10.1 Å². The number of nitrogens with one attached hydrogen (secondary N) is 1. The van der Waals surface area contributed by atoms with Crippen LogP contribution in [-0.2, 0) is 13.1 Å². The molecule has 7 nitrogen and oxygen atoms in total. The summed E-state index contributed by atoms with van der Waals surface area (Å²) < 4.78 is 1.98. The number of hydrogen-bond donors (Lipinski definition) is 1. The summed E-state index contributed by atoms with van der Waals surface area (Å²) in [5.41, 5.74) is 2.09. The van der Waals surface area contributed by atoms with Gasteiger partial charge in [-0.15, -0.1) is 0 Å². The summed E-state index contributed by atoms with van der Waals surface area (Å²) >= 11 is 6.05. The summed E-state index contributed by atoms with van der Waals surface area (Å²) in [4.78, 5) is 18.3. The molecule has 3 aromatic rings. The second-order valence-electron chi connectivity index (χ2n) is 5.14. The van der Waals surface area contributed by atoms with Gasteiger partial charge in [0.25, 0.3) is 5.69 Å². The summed E-state index contributed by atoms with van der Waals surface area (Å²) in [6, 6.07) is 9.28. The fourth-order valence-corrected chi connectivity index (χ4v) is 2.53. The molecule has 122 valence electrons. The van der Waals surface area contributed by atoms with Crippen molar-refractivity contribution in [1.82, 2.24) is 14.5 Å². The van der Waals surface area contributed by atoms with Crippen molar-refractivity contribution in [3.63, 3.8) is 0 Å². The number of nitrogens with zero attached hydrogens (tertiary/aromatic N) is 4. The Morgan fingerprint density at radius 1 is 1.29 bits per heavy atom. The molecule has 0 atom stereocenters. The Morgan fingerprint density at radius 3 is 2.75 bits per heavy atom. The highest BCUT2D eigenvalue weighted by Gasteiger charge is 2.11. The van der Waals surface area contributed by atoms with Gasteiger partial charge >= 0.3 is 0 Å². The standard InChI is InChI=1S/C16H14ClN5O2/c17-15-7-14(22(23)24)9-20-16(15)19-8-12-3-1-2-4-13(12)10-21-6-5-18-11-21/h1-7,9,11H,8,10H2,(H,19,20). The van der Waals surface area contributed by atoms with Crippen LogP contribution in [0.25, 0.3) is 0 Å². The van der Waals surface area contributed by atoms with E-state index in [1.165, 1.54) is 12.3 Å². The predicted octanol–water partition coefficient (Wildman–Crippen LogP) is 3.50. The van der Waals surface area contributed by atoms with E-state index < -0.39 is 4.92 Å². The highest BCUT2D eigenvalue weighted by atomic mass is 35.5. The third-order valence-electron chi connectivity index (χ3n) is 3.51. The highest BCUT2D eigenvalue weighted by molar-refractivity contribution is 6.33. The molecular formula is C16H14ClN5O2. The fourth-order valence-electron chi connectivity index (χ4n) is 2.30. The maximum atomic E-state index is 10.7. The number of nitro groups is 1. The summed E-state index contributed by atoms with van der Waals surface area (Å²) in [5, 5.41) is 14.1. The third-order valence-corrected chi connectivity index (χ3v) is 3.80. The molecule has 1 aromatic carbocycles. The van der Waals surface area contributed by atoms with Crippen molar-refractivity contribution in [2.75, 3.05) is 5.32 Å². The van der Waals surface area contributed by atoms with Gasteiger partial charge in [-0.2, -0.15) is 0 Å². The van der Waals surface area contributed by atoms with Crippen LogP contribution in [0.3, 0.4) is 0 Å². The van der Waals surface area contributed by atoms with E-state index in [0.29, 0.717) is 18.9 Å². The molecule has 0 aliphatic carbocycles. The first-order chi connectivity index (χ1) is 11.6. The molecular weight excluding hydrogens is 330 g/mol. The average Bonchev–Trinajstić information content (AvgIpc) is 3.08. The van der Waals surface area contributed by atoms with Crippen LogP contribution in [0.5, 0.6) is 0 Å². The minimum Gasteiger partial charge on any atom is -0.365 e. The van der Waals surface area contributed by atoms with E-state index in [-0.39, 0.29) is 10.7 Å². The van der Waals surface area contributed by atoms with E-state index in [0.717, 1.165) is 11.1 Å². The summed E-state index contributed by atoms with van der Waals surface area (Å²) in [5.74, 6) is 0.416. The number of anilines is 1. The third kappa shape index (κ3) is 3.69. The van der Waals surface area contributed by atoms with Gasteiger partial charge in [0, 0.05) is 31.5 Å². The van der Waals surface area contributed by atoms with Crippen LogP contribution >= 0.6 is 11.6 Å². The largest absolute Gasteiger partial charge is 0.365 e. The fraction of sp³-hybridized carbons (Fsp3) is 0.125. The van der Waals surface area contributed by atoms with Crippen molar-refractivity contribution < 1.29 is 4.92 Å². The monoisotopic (exact) mass is 343 g/mol. The van der Waals surface area contributed by atoms with Gasteiger partial charge in [0.1, 0.15) is 12.0 Å². The zero-order valence-corrected chi connectivity index (χ0v) is 13.3. The zero-order chi connectivity index (χ0) is 16.9. The summed E-state index contributed by atoms with van der Waals surface area (Å²) in [7, 11) is 0. The Balaban J connectivity index is 1.74. The molecule has 0 bridgehead atoms. The van der Waals surface area contributed by atoms with Crippen LogP contribution in [-0.4, -0.2) is 19.5 Å². The molecule has 0 amide bonds. The van der Waals surface area contributed by atoms with Crippen molar-refractivity contribution >= 4 is 23.1 Å². The number of aromatic nitrogens is 3. The highest BCUT2D eigenvalue weighted by Crippen LogP contribution is 2.24. The average molecular weight is 344 g/mol. The molecule has 1 N–H and O–H groups in total. The van der Waals surface area contributed by atoms with Crippen LogP contribution in [0.2, 0.25) is 5.02 Å². The van der Waals surface area contributed by atoms with Gasteiger partial charge in [0.2, 0.25) is 0 Å². The molecule has 0 fully saturated rings. The molecule has 0 radical (unpaired) electrons. The van der Waals surface area contributed by atoms with Crippen LogP contribution < -0.4 is 5.32 Å². The van der Waals surface area contributed by atoms with Gasteiger partial charge in [0.05, 0.1) is 16.3 Å². The first-order valence-electron chi connectivity index (χ1n) is 7.20. The van der Waals surface area contributed by atoms with Gasteiger partial charge in [0.15, 0.2) is 0 Å². The number of halogens is 1. The molecule has 0 spiro atoms. The molecule has 3 rings (SSSR count). The molecule has 0 aliphatic heterocycles. The van der Waals surface area contributed by atoms with E-state index >= 15 is 0 Å². The SMILES string of the molecule is O=[N+]([O-])c1cnc(NCc2ccccc2Cn2ccnc2)c(Cl)c1. The lowest BCUT2D eigenvalue weighted by molar-refractivity contribution is -0.385. The topological polar surface area (TPSA) is 85.9 Å². The van der Waals surface area contributed by atoms with Crippen molar-refractivity contribution in [3.05, 3.63) is 81.5 Å². The summed E-state index contributed by atoms with van der Waals surface area (Å²) in [6.45, 7) is 1.22. The molecule has 24 heavy (non-hydrogen) atoms. The van der Waals surface area contributed by atoms with E-state index in [4.69, 9.17) is 11.6 Å². The van der Waals surface area contributed by atoms with Gasteiger partial charge in [-0.3, -0.25) is 10.1 Å². The quantitative estimate of drug-likeness (QED) is 0.547. The molecule has 8 heteroatoms. The molecule has 2 heterocycles. The lowest BCUT2D eigenvalue weighted by atomic mass is 10.1. The Kier molecular flexibility index (Phi) is 4.72.